The largest absolute Gasteiger partial charge is 0.465 e. The van der Waals surface area contributed by atoms with Crippen molar-refractivity contribution in [3.05, 3.63) is 94.8 Å². The maximum Gasteiger partial charge on any atom is 0.416 e. The van der Waals surface area contributed by atoms with Crippen LogP contribution >= 0.6 is 0 Å². The number of hydrogen-bond donors (Lipinski definition) is 0. The Labute approximate surface area is 199 Å². The van der Waals surface area contributed by atoms with Crippen LogP contribution in [0.5, 0.6) is 0 Å². The van der Waals surface area contributed by atoms with E-state index >= 15 is 0 Å². The van der Waals surface area contributed by atoms with Crippen molar-refractivity contribution in [2.75, 3.05) is 13.7 Å². The van der Waals surface area contributed by atoms with E-state index in [1.54, 1.807) is 12.1 Å². The number of esters is 1. The summed E-state index contributed by atoms with van der Waals surface area (Å²) in [6, 6.07) is 16.7. The van der Waals surface area contributed by atoms with E-state index in [1.165, 1.54) is 19.2 Å². The molecule has 2 aromatic carbocycles. The SMILES string of the molecule is COC(=O)c1ccccc1CN(CCC(C)C)Cc1cccn1Cc1cccc(C(F)(F)F)c1. The number of hydrogen-bond acceptors (Lipinski definition) is 3. The Bertz CT molecular complexity index is 1090. The molecule has 0 saturated heterocycles. The van der Waals surface area contributed by atoms with Crippen molar-refractivity contribution in [1.82, 2.24) is 9.47 Å². The molecule has 0 radical (unpaired) electrons. The molecule has 0 fully saturated rings. The third-order valence-electron chi connectivity index (χ3n) is 5.76. The summed E-state index contributed by atoms with van der Waals surface area (Å²) in [7, 11) is 1.37. The van der Waals surface area contributed by atoms with Crippen molar-refractivity contribution in [3.8, 4) is 0 Å². The average Bonchev–Trinajstić information content (AvgIpc) is 3.23. The Kier molecular flexibility index (Phi) is 8.56. The van der Waals surface area contributed by atoms with Crippen LogP contribution in [0.4, 0.5) is 13.2 Å². The minimum absolute atomic E-state index is 0.350. The molecule has 0 amide bonds. The number of methoxy groups -OCH3 is 1. The van der Waals surface area contributed by atoms with Crippen molar-refractivity contribution in [1.29, 1.82) is 0 Å². The van der Waals surface area contributed by atoms with Gasteiger partial charge in [-0.2, -0.15) is 13.2 Å². The maximum absolute atomic E-state index is 13.1. The van der Waals surface area contributed by atoms with E-state index in [-0.39, 0.29) is 5.97 Å². The average molecular weight is 473 g/mol. The third kappa shape index (κ3) is 6.97. The number of nitrogens with zero attached hydrogens (tertiary/aromatic N) is 2. The van der Waals surface area contributed by atoms with E-state index in [1.807, 2.05) is 41.1 Å². The molecular weight excluding hydrogens is 441 g/mol. The summed E-state index contributed by atoms with van der Waals surface area (Å²) in [6.45, 7) is 6.67. The van der Waals surface area contributed by atoms with Crippen LogP contribution in [-0.2, 0) is 30.5 Å². The third-order valence-corrected chi connectivity index (χ3v) is 5.76. The van der Waals surface area contributed by atoms with E-state index < -0.39 is 11.7 Å². The summed E-state index contributed by atoms with van der Waals surface area (Å²) >= 11 is 0. The van der Waals surface area contributed by atoms with E-state index in [0.29, 0.717) is 36.7 Å². The molecular formula is C27H31F3N2O2. The lowest BCUT2D eigenvalue weighted by molar-refractivity contribution is -0.137. The molecule has 7 heteroatoms. The molecule has 0 aliphatic carbocycles. The zero-order chi connectivity index (χ0) is 24.7. The fourth-order valence-electron chi connectivity index (χ4n) is 3.88. The first kappa shape index (κ1) is 25.6. The van der Waals surface area contributed by atoms with E-state index in [0.717, 1.165) is 30.3 Å². The van der Waals surface area contributed by atoms with Crippen molar-refractivity contribution >= 4 is 5.97 Å². The predicted octanol–water partition coefficient (Wildman–Crippen LogP) is 6.39. The summed E-state index contributed by atoms with van der Waals surface area (Å²) in [5.41, 5.74) is 2.37. The molecule has 0 atom stereocenters. The lowest BCUT2D eigenvalue weighted by Gasteiger charge is -2.25. The zero-order valence-corrected chi connectivity index (χ0v) is 19.8. The summed E-state index contributed by atoms with van der Waals surface area (Å²) < 4.78 is 46.3. The number of halogens is 3. The number of alkyl halides is 3. The Balaban J connectivity index is 1.81. The molecule has 0 bridgehead atoms. The first-order chi connectivity index (χ1) is 16.2. The van der Waals surface area contributed by atoms with Crippen molar-refractivity contribution < 1.29 is 22.7 Å². The van der Waals surface area contributed by atoms with Gasteiger partial charge in [0.2, 0.25) is 0 Å². The van der Waals surface area contributed by atoms with Gasteiger partial charge in [-0.25, -0.2) is 4.79 Å². The van der Waals surface area contributed by atoms with Crippen LogP contribution in [0.1, 0.15) is 53.0 Å². The van der Waals surface area contributed by atoms with Crippen LogP contribution in [0.15, 0.2) is 66.9 Å². The summed E-state index contributed by atoms with van der Waals surface area (Å²) in [6.07, 6.45) is -1.50. The van der Waals surface area contributed by atoms with Crippen molar-refractivity contribution in [3.63, 3.8) is 0 Å². The zero-order valence-electron chi connectivity index (χ0n) is 19.8. The highest BCUT2D eigenvalue weighted by Gasteiger charge is 2.30. The topological polar surface area (TPSA) is 34.5 Å². The molecule has 3 rings (SSSR count). The minimum atomic E-state index is -4.36. The van der Waals surface area contributed by atoms with Crippen LogP contribution in [0, 0.1) is 5.92 Å². The van der Waals surface area contributed by atoms with Gasteiger partial charge in [-0.15, -0.1) is 0 Å². The summed E-state index contributed by atoms with van der Waals surface area (Å²) in [5, 5.41) is 0. The van der Waals surface area contributed by atoms with Gasteiger partial charge >= 0.3 is 12.1 Å². The Hall–Kier alpha value is -3.06. The first-order valence-corrected chi connectivity index (χ1v) is 11.4. The number of aromatic nitrogens is 1. The van der Waals surface area contributed by atoms with Gasteiger partial charge in [0.1, 0.15) is 0 Å². The fraction of sp³-hybridized carbons (Fsp3) is 0.370. The first-order valence-electron chi connectivity index (χ1n) is 11.4. The van der Waals surface area contributed by atoms with Gasteiger partial charge in [0, 0.05) is 31.5 Å². The van der Waals surface area contributed by atoms with Crippen LogP contribution < -0.4 is 0 Å². The molecule has 0 spiro atoms. The maximum atomic E-state index is 13.1. The molecule has 0 aliphatic heterocycles. The number of ether oxygens (including phenoxy) is 1. The van der Waals surface area contributed by atoms with Gasteiger partial charge in [0.05, 0.1) is 18.2 Å². The lowest BCUT2D eigenvalue weighted by atomic mass is 10.1. The highest BCUT2D eigenvalue weighted by atomic mass is 19.4. The van der Waals surface area contributed by atoms with Crippen molar-refractivity contribution in [2.24, 2.45) is 5.92 Å². The van der Waals surface area contributed by atoms with Gasteiger partial charge in [-0.3, -0.25) is 4.90 Å². The molecule has 0 saturated carbocycles. The number of benzene rings is 2. The summed E-state index contributed by atoms with van der Waals surface area (Å²) in [4.78, 5) is 14.5. The highest BCUT2D eigenvalue weighted by molar-refractivity contribution is 5.90. The molecule has 1 heterocycles. The lowest BCUT2D eigenvalue weighted by Crippen LogP contribution is -2.27. The van der Waals surface area contributed by atoms with Crippen LogP contribution in [0.2, 0.25) is 0 Å². The summed E-state index contributed by atoms with van der Waals surface area (Å²) in [5.74, 6) is 0.141. The molecule has 0 N–H and O–H groups in total. The Morgan fingerprint density at radius 1 is 1.03 bits per heavy atom. The van der Waals surface area contributed by atoms with Gasteiger partial charge < -0.3 is 9.30 Å². The van der Waals surface area contributed by atoms with E-state index in [9.17, 15) is 18.0 Å². The van der Waals surface area contributed by atoms with Gasteiger partial charge in [0.25, 0.3) is 0 Å². The van der Waals surface area contributed by atoms with E-state index in [2.05, 4.69) is 18.7 Å². The van der Waals surface area contributed by atoms with Gasteiger partial charge in [-0.1, -0.05) is 44.2 Å². The quantitative estimate of drug-likeness (QED) is 0.321. The van der Waals surface area contributed by atoms with Gasteiger partial charge in [-0.05, 0) is 60.3 Å². The normalized spacial score (nSPS) is 11.9. The smallest absolute Gasteiger partial charge is 0.416 e. The molecule has 4 nitrogen and oxygen atoms in total. The van der Waals surface area contributed by atoms with Crippen LogP contribution in [-0.4, -0.2) is 29.1 Å². The predicted molar refractivity (Wildman–Crippen MR) is 126 cm³/mol. The van der Waals surface area contributed by atoms with Crippen molar-refractivity contribution in [2.45, 2.75) is 46.1 Å². The van der Waals surface area contributed by atoms with Crippen LogP contribution in [0.25, 0.3) is 0 Å². The molecule has 3 aromatic rings. The highest BCUT2D eigenvalue weighted by Crippen LogP contribution is 2.30. The molecule has 182 valence electrons. The second kappa shape index (κ2) is 11.4. The molecule has 0 aliphatic rings. The minimum Gasteiger partial charge on any atom is -0.465 e. The number of carbonyl (C=O) groups excluding carboxylic acids is 1. The molecule has 34 heavy (non-hydrogen) atoms. The standard InChI is InChI=1S/C27H31F3N2O2/c1-20(2)13-15-31(18-22-9-4-5-12-25(22)26(33)34-3)19-24-11-7-14-32(24)17-21-8-6-10-23(16-21)27(28,29)30/h4-12,14,16,20H,13,15,17-19H2,1-3H3. The Morgan fingerprint density at radius 2 is 1.79 bits per heavy atom. The molecule has 1 aromatic heterocycles. The second-order valence-corrected chi connectivity index (χ2v) is 8.87. The Morgan fingerprint density at radius 3 is 2.50 bits per heavy atom. The molecule has 0 unspecified atom stereocenters. The second-order valence-electron chi connectivity index (χ2n) is 8.87. The van der Waals surface area contributed by atoms with Crippen LogP contribution in [0.3, 0.4) is 0 Å². The van der Waals surface area contributed by atoms with Gasteiger partial charge in [0.15, 0.2) is 0 Å². The fourth-order valence-corrected chi connectivity index (χ4v) is 3.88. The number of carbonyl (C=O) groups is 1. The number of rotatable bonds is 10. The monoisotopic (exact) mass is 472 g/mol. The van der Waals surface area contributed by atoms with E-state index in [4.69, 9.17) is 4.74 Å².